The van der Waals surface area contributed by atoms with Gasteiger partial charge in [-0.05, 0) is 61.6 Å². The zero-order valence-electron chi connectivity index (χ0n) is 12.3. The van der Waals surface area contributed by atoms with Gasteiger partial charge in [-0.3, -0.25) is 0 Å². The fraction of sp³-hybridized carbons (Fsp3) is 0.333. The van der Waals surface area contributed by atoms with Crippen molar-refractivity contribution in [1.29, 1.82) is 0 Å². The van der Waals surface area contributed by atoms with E-state index in [4.69, 9.17) is 5.11 Å². The summed E-state index contributed by atoms with van der Waals surface area (Å²) in [6.45, 7) is 2.44. The summed E-state index contributed by atoms with van der Waals surface area (Å²) < 4.78 is 1.11. The average molecular weight is 348 g/mol. The largest absolute Gasteiger partial charge is 0.396 e. The Kier molecular flexibility index (Phi) is 6.27. The van der Waals surface area contributed by atoms with Gasteiger partial charge < -0.3 is 10.4 Å². The minimum absolute atomic E-state index is 0.248. The van der Waals surface area contributed by atoms with E-state index in [9.17, 15) is 0 Å². The quantitative estimate of drug-likeness (QED) is 0.777. The Morgan fingerprint density at radius 3 is 2.57 bits per heavy atom. The summed E-state index contributed by atoms with van der Waals surface area (Å²) in [4.78, 5) is 0. The van der Waals surface area contributed by atoms with Gasteiger partial charge >= 0.3 is 0 Å². The molecule has 2 aromatic rings. The third kappa shape index (κ3) is 5.52. The normalized spacial score (nSPS) is 12.1. The number of anilines is 1. The first-order valence-electron chi connectivity index (χ1n) is 7.38. The number of nitrogens with one attached hydrogen (secondary N) is 1. The van der Waals surface area contributed by atoms with E-state index < -0.39 is 0 Å². The third-order valence-electron chi connectivity index (χ3n) is 3.42. The molecule has 0 radical (unpaired) electrons. The van der Waals surface area contributed by atoms with Crippen molar-refractivity contribution in [3.63, 3.8) is 0 Å². The molecule has 1 unspecified atom stereocenters. The molecular formula is C18H22BrNO. The van der Waals surface area contributed by atoms with Crippen LogP contribution in [0.5, 0.6) is 0 Å². The van der Waals surface area contributed by atoms with Gasteiger partial charge in [0, 0.05) is 22.8 Å². The van der Waals surface area contributed by atoms with Gasteiger partial charge in [-0.2, -0.15) is 0 Å². The zero-order chi connectivity index (χ0) is 15.1. The van der Waals surface area contributed by atoms with Gasteiger partial charge in [0.15, 0.2) is 0 Å². The molecule has 0 aliphatic carbocycles. The lowest BCUT2D eigenvalue weighted by Crippen LogP contribution is -2.18. The Morgan fingerprint density at radius 2 is 1.86 bits per heavy atom. The number of aryl methyl sites for hydroxylation is 1. The number of aliphatic hydroxyl groups is 1. The van der Waals surface area contributed by atoms with Gasteiger partial charge in [0.05, 0.1) is 0 Å². The number of rotatable bonds is 7. The van der Waals surface area contributed by atoms with Crippen LogP contribution in [0.1, 0.15) is 24.5 Å². The molecule has 2 aromatic carbocycles. The molecular weight excluding hydrogens is 326 g/mol. The van der Waals surface area contributed by atoms with E-state index >= 15 is 0 Å². The topological polar surface area (TPSA) is 32.3 Å². The Balaban J connectivity index is 1.92. The van der Waals surface area contributed by atoms with Crippen LogP contribution in [-0.2, 0) is 12.8 Å². The lowest BCUT2D eigenvalue weighted by Gasteiger charge is -2.16. The van der Waals surface area contributed by atoms with Crippen molar-refractivity contribution in [3.8, 4) is 0 Å². The summed E-state index contributed by atoms with van der Waals surface area (Å²) in [6, 6.07) is 17.3. The SMILES string of the molecule is CC(Cc1ccc(Br)cc1)Nc1cccc(CCCO)c1. The molecule has 0 fully saturated rings. The van der Waals surface area contributed by atoms with E-state index in [1.54, 1.807) is 0 Å². The predicted octanol–water partition coefficient (Wildman–Crippen LogP) is 4.42. The minimum Gasteiger partial charge on any atom is -0.396 e. The molecule has 2 N–H and O–H groups in total. The molecule has 0 spiro atoms. The molecule has 1 atom stereocenters. The van der Waals surface area contributed by atoms with Gasteiger partial charge in [-0.1, -0.05) is 40.2 Å². The monoisotopic (exact) mass is 347 g/mol. The van der Waals surface area contributed by atoms with Crippen molar-refractivity contribution in [2.75, 3.05) is 11.9 Å². The Labute approximate surface area is 135 Å². The van der Waals surface area contributed by atoms with E-state index in [-0.39, 0.29) is 6.61 Å². The minimum atomic E-state index is 0.248. The summed E-state index contributed by atoms with van der Waals surface area (Å²) in [5.41, 5.74) is 3.74. The van der Waals surface area contributed by atoms with E-state index in [0.717, 1.165) is 29.4 Å². The molecule has 0 amide bonds. The van der Waals surface area contributed by atoms with Crippen LogP contribution < -0.4 is 5.32 Å². The molecule has 2 rings (SSSR count). The first-order chi connectivity index (χ1) is 10.2. The van der Waals surface area contributed by atoms with E-state index in [1.165, 1.54) is 11.1 Å². The van der Waals surface area contributed by atoms with Crippen LogP contribution in [0.2, 0.25) is 0 Å². The van der Waals surface area contributed by atoms with E-state index in [0.29, 0.717) is 6.04 Å². The van der Waals surface area contributed by atoms with Crippen LogP contribution in [0.4, 0.5) is 5.69 Å². The van der Waals surface area contributed by atoms with Gasteiger partial charge in [0.25, 0.3) is 0 Å². The molecule has 0 aliphatic rings. The molecule has 2 nitrogen and oxygen atoms in total. The van der Waals surface area contributed by atoms with Crippen molar-refractivity contribution in [2.24, 2.45) is 0 Å². The fourth-order valence-electron chi connectivity index (χ4n) is 2.41. The van der Waals surface area contributed by atoms with Gasteiger partial charge in [0.2, 0.25) is 0 Å². The van der Waals surface area contributed by atoms with Crippen molar-refractivity contribution in [1.82, 2.24) is 0 Å². The van der Waals surface area contributed by atoms with Crippen molar-refractivity contribution in [2.45, 2.75) is 32.2 Å². The van der Waals surface area contributed by atoms with Gasteiger partial charge in [-0.15, -0.1) is 0 Å². The summed E-state index contributed by atoms with van der Waals surface area (Å²) in [6.07, 6.45) is 2.74. The van der Waals surface area contributed by atoms with Crippen LogP contribution in [-0.4, -0.2) is 17.8 Å². The molecule has 0 heterocycles. The first-order valence-corrected chi connectivity index (χ1v) is 8.17. The maximum absolute atomic E-state index is 8.91. The fourth-order valence-corrected chi connectivity index (χ4v) is 2.67. The first kappa shape index (κ1) is 16.1. The lowest BCUT2D eigenvalue weighted by atomic mass is 10.1. The third-order valence-corrected chi connectivity index (χ3v) is 3.95. The molecule has 0 saturated heterocycles. The molecule has 112 valence electrons. The Morgan fingerprint density at radius 1 is 1.10 bits per heavy atom. The number of hydrogen-bond donors (Lipinski definition) is 2. The lowest BCUT2D eigenvalue weighted by molar-refractivity contribution is 0.288. The molecule has 3 heteroatoms. The number of benzene rings is 2. The number of halogens is 1. The summed E-state index contributed by atoms with van der Waals surface area (Å²) >= 11 is 3.46. The molecule has 21 heavy (non-hydrogen) atoms. The highest BCUT2D eigenvalue weighted by molar-refractivity contribution is 9.10. The van der Waals surface area contributed by atoms with Gasteiger partial charge in [-0.25, -0.2) is 0 Å². The highest BCUT2D eigenvalue weighted by Crippen LogP contribution is 2.16. The summed E-state index contributed by atoms with van der Waals surface area (Å²) in [5.74, 6) is 0. The highest BCUT2D eigenvalue weighted by atomic mass is 79.9. The number of aliphatic hydroxyl groups excluding tert-OH is 1. The molecule has 0 bridgehead atoms. The van der Waals surface area contributed by atoms with Crippen molar-refractivity contribution >= 4 is 21.6 Å². The maximum Gasteiger partial charge on any atom is 0.0434 e. The smallest absolute Gasteiger partial charge is 0.0434 e. The van der Waals surface area contributed by atoms with E-state index in [2.05, 4.69) is 76.7 Å². The highest BCUT2D eigenvalue weighted by Gasteiger charge is 2.04. The Bertz CT molecular complexity index is 553. The second kappa shape index (κ2) is 8.20. The van der Waals surface area contributed by atoms with Crippen LogP contribution >= 0.6 is 15.9 Å². The second-order valence-electron chi connectivity index (χ2n) is 5.40. The molecule has 0 saturated carbocycles. The van der Waals surface area contributed by atoms with E-state index in [1.807, 2.05) is 0 Å². The number of hydrogen-bond acceptors (Lipinski definition) is 2. The van der Waals surface area contributed by atoms with Gasteiger partial charge in [0.1, 0.15) is 0 Å². The summed E-state index contributed by atoms with van der Waals surface area (Å²) in [5, 5.41) is 12.5. The van der Waals surface area contributed by atoms with Crippen molar-refractivity contribution in [3.05, 3.63) is 64.1 Å². The predicted molar refractivity (Wildman–Crippen MR) is 92.8 cm³/mol. The average Bonchev–Trinajstić information content (AvgIpc) is 2.48. The van der Waals surface area contributed by atoms with Crippen LogP contribution in [0.15, 0.2) is 53.0 Å². The second-order valence-corrected chi connectivity index (χ2v) is 6.32. The standard InChI is InChI=1S/C18H22BrNO/c1-14(12-16-7-9-17(19)10-8-16)20-18-6-2-4-15(13-18)5-3-11-21/h2,4,6-10,13-14,20-21H,3,5,11-12H2,1H3. The molecule has 0 aromatic heterocycles. The maximum atomic E-state index is 8.91. The molecule has 0 aliphatic heterocycles. The van der Waals surface area contributed by atoms with Crippen LogP contribution in [0.25, 0.3) is 0 Å². The van der Waals surface area contributed by atoms with Crippen molar-refractivity contribution < 1.29 is 5.11 Å². The Hall–Kier alpha value is -1.32. The van der Waals surface area contributed by atoms with Crippen LogP contribution in [0, 0.1) is 0 Å². The van der Waals surface area contributed by atoms with Crippen LogP contribution in [0.3, 0.4) is 0 Å². The zero-order valence-corrected chi connectivity index (χ0v) is 13.9. The summed E-state index contributed by atoms with van der Waals surface area (Å²) in [7, 11) is 0.